The van der Waals surface area contributed by atoms with E-state index < -0.39 is 11.6 Å². The number of benzene rings is 2. The lowest BCUT2D eigenvalue weighted by Gasteiger charge is -2.24. The predicted octanol–water partition coefficient (Wildman–Crippen LogP) is 3.52. The summed E-state index contributed by atoms with van der Waals surface area (Å²) in [5.74, 6) is -1.71. The highest BCUT2D eigenvalue weighted by atomic mass is 19.1. The average molecular weight is 316 g/mol. The first-order valence-corrected chi connectivity index (χ1v) is 7.57. The number of carbonyl (C=O) groups is 1. The number of halogens is 2. The molecular weight excluding hydrogens is 298 g/mol. The summed E-state index contributed by atoms with van der Waals surface area (Å²) >= 11 is 0. The van der Waals surface area contributed by atoms with Crippen molar-refractivity contribution in [2.75, 3.05) is 18.9 Å². The maximum atomic E-state index is 13.2. The van der Waals surface area contributed by atoms with Crippen LogP contribution in [-0.2, 0) is 11.2 Å². The summed E-state index contributed by atoms with van der Waals surface area (Å²) in [4.78, 5) is 14.1. The second kappa shape index (κ2) is 6.46. The highest BCUT2D eigenvalue weighted by Crippen LogP contribution is 2.34. The fraction of sp³-hybridized carbons (Fsp3) is 0.278. The van der Waals surface area contributed by atoms with E-state index in [1.54, 1.807) is 0 Å². The fourth-order valence-electron chi connectivity index (χ4n) is 3.16. The number of likely N-dealkylation sites (N-methyl/N-ethyl adjacent to an activating group) is 1. The summed E-state index contributed by atoms with van der Waals surface area (Å²) in [6, 6.07) is 11.4. The second-order valence-electron chi connectivity index (χ2n) is 5.87. The second-order valence-corrected chi connectivity index (χ2v) is 5.87. The third-order valence-electron chi connectivity index (χ3n) is 4.17. The molecule has 23 heavy (non-hydrogen) atoms. The van der Waals surface area contributed by atoms with Crippen molar-refractivity contribution in [3.63, 3.8) is 0 Å². The lowest BCUT2D eigenvalue weighted by molar-refractivity contribution is -0.117. The van der Waals surface area contributed by atoms with Crippen molar-refractivity contribution >= 4 is 11.6 Å². The van der Waals surface area contributed by atoms with E-state index in [1.165, 1.54) is 11.1 Å². The highest BCUT2D eigenvalue weighted by Gasteiger charge is 2.26. The summed E-state index contributed by atoms with van der Waals surface area (Å²) in [6.07, 6.45) is 1.97. The third kappa shape index (κ3) is 3.56. The monoisotopic (exact) mass is 316 g/mol. The first-order valence-electron chi connectivity index (χ1n) is 7.57. The number of hydrogen-bond acceptors (Lipinski definition) is 2. The molecule has 0 heterocycles. The van der Waals surface area contributed by atoms with Crippen LogP contribution in [0.15, 0.2) is 42.5 Å². The smallest absolute Gasteiger partial charge is 0.238 e. The summed E-state index contributed by atoms with van der Waals surface area (Å²) < 4.78 is 26.3. The van der Waals surface area contributed by atoms with Crippen LogP contribution < -0.4 is 5.32 Å². The van der Waals surface area contributed by atoms with Crippen molar-refractivity contribution in [2.24, 2.45) is 0 Å². The zero-order valence-electron chi connectivity index (χ0n) is 12.9. The van der Waals surface area contributed by atoms with Gasteiger partial charge in [0, 0.05) is 17.8 Å². The molecule has 0 bridgehead atoms. The summed E-state index contributed by atoms with van der Waals surface area (Å²) in [5, 5.41) is 2.54. The standard InChI is InChI=1S/C18H18F2N2O/c1-22(17-7-6-12-4-2-3-5-16(12)17)11-18(23)21-15-9-13(19)8-14(20)10-15/h2-5,8-10,17H,6-7,11H2,1H3,(H,21,23). The maximum Gasteiger partial charge on any atom is 0.238 e. The van der Waals surface area contributed by atoms with E-state index >= 15 is 0 Å². The van der Waals surface area contributed by atoms with E-state index in [4.69, 9.17) is 0 Å². The Hall–Kier alpha value is -2.27. The summed E-state index contributed by atoms with van der Waals surface area (Å²) in [6.45, 7) is 0.164. The molecule has 1 amide bonds. The zero-order valence-corrected chi connectivity index (χ0v) is 12.9. The van der Waals surface area contributed by atoms with Crippen LogP contribution in [0.2, 0.25) is 0 Å². The van der Waals surface area contributed by atoms with Crippen LogP contribution in [0.25, 0.3) is 0 Å². The number of rotatable bonds is 4. The lowest BCUT2D eigenvalue weighted by atomic mass is 10.1. The largest absolute Gasteiger partial charge is 0.325 e. The Morgan fingerprint density at radius 1 is 1.22 bits per heavy atom. The topological polar surface area (TPSA) is 32.3 Å². The Kier molecular flexibility index (Phi) is 4.39. The average Bonchev–Trinajstić information content (AvgIpc) is 2.89. The molecule has 3 nitrogen and oxygen atoms in total. The molecule has 0 aliphatic heterocycles. The Morgan fingerprint density at radius 2 is 1.91 bits per heavy atom. The number of amides is 1. The first kappa shape index (κ1) is 15.6. The minimum absolute atomic E-state index is 0.132. The van der Waals surface area contributed by atoms with Gasteiger partial charge < -0.3 is 5.32 Å². The van der Waals surface area contributed by atoms with Gasteiger partial charge in [-0.15, -0.1) is 0 Å². The van der Waals surface area contributed by atoms with E-state index in [-0.39, 0.29) is 24.2 Å². The predicted molar refractivity (Wildman–Crippen MR) is 85.1 cm³/mol. The molecule has 1 aliphatic rings. The Labute approximate surface area is 133 Å². The molecule has 1 aliphatic carbocycles. The molecule has 1 unspecified atom stereocenters. The van der Waals surface area contributed by atoms with Crippen molar-refractivity contribution in [2.45, 2.75) is 18.9 Å². The van der Waals surface area contributed by atoms with Crippen LogP contribution >= 0.6 is 0 Å². The van der Waals surface area contributed by atoms with Crippen LogP contribution in [0, 0.1) is 11.6 Å². The van der Waals surface area contributed by atoms with Crippen molar-refractivity contribution in [1.29, 1.82) is 0 Å². The number of hydrogen-bond donors (Lipinski definition) is 1. The summed E-state index contributed by atoms with van der Waals surface area (Å²) in [5.41, 5.74) is 2.70. The molecule has 1 N–H and O–H groups in total. The van der Waals surface area contributed by atoms with Crippen LogP contribution in [-0.4, -0.2) is 24.4 Å². The molecule has 2 aromatic rings. The third-order valence-corrected chi connectivity index (χ3v) is 4.17. The Balaban J connectivity index is 1.64. The molecular formula is C18H18F2N2O. The van der Waals surface area contributed by atoms with E-state index in [9.17, 15) is 13.6 Å². The van der Waals surface area contributed by atoms with E-state index in [0.29, 0.717) is 0 Å². The van der Waals surface area contributed by atoms with Gasteiger partial charge in [0.15, 0.2) is 0 Å². The Bertz CT molecular complexity index is 712. The molecule has 5 heteroatoms. The van der Waals surface area contributed by atoms with Crippen LogP contribution in [0.1, 0.15) is 23.6 Å². The van der Waals surface area contributed by atoms with Crippen molar-refractivity contribution < 1.29 is 13.6 Å². The van der Waals surface area contributed by atoms with Gasteiger partial charge in [-0.1, -0.05) is 24.3 Å². The number of nitrogens with one attached hydrogen (secondary N) is 1. The molecule has 1 atom stereocenters. The van der Waals surface area contributed by atoms with Gasteiger partial charge in [0.05, 0.1) is 6.54 Å². The molecule has 0 saturated heterocycles. The maximum absolute atomic E-state index is 13.2. The van der Waals surface area contributed by atoms with Gasteiger partial charge in [0.25, 0.3) is 0 Å². The first-order chi connectivity index (χ1) is 11.0. The van der Waals surface area contributed by atoms with E-state index in [2.05, 4.69) is 17.4 Å². The lowest BCUT2D eigenvalue weighted by Crippen LogP contribution is -2.32. The van der Waals surface area contributed by atoms with Gasteiger partial charge in [0.1, 0.15) is 11.6 Å². The molecule has 120 valence electrons. The molecule has 0 fully saturated rings. The van der Waals surface area contributed by atoms with E-state index in [1.807, 2.05) is 24.1 Å². The summed E-state index contributed by atoms with van der Waals surface area (Å²) in [7, 11) is 1.89. The van der Waals surface area contributed by atoms with Crippen molar-refractivity contribution in [3.8, 4) is 0 Å². The van der Waals surface area contributed by atoms with Crippen LogP contribution in [0.4, 0.5) is 14.5 Å². The van der Waals surface area contributed by atoms with Gasteiger partial charge in [-0.3, -0.25) is 9.69 Å². The van der Waals surface area contributed by atoms with Gasteiger partial charge in [0.2, 0.25) is 5.91 Å². The zero-order chi connectivity index (χ0) is 16.4. The quantitative estimate of drug-likeness (QED) is 0.936. The molecule has 3 rings (SSSR count). The van der Waals surface area contributed by atoms with E-state index in [0.717, 1.165) is 31.0 Å². The van der Waals surface area contributed by atoms with Crippen molar-refractivity contribution in [1.82, 2.24) is 4.90 Å². The molecule has 0 spiro atoms. The van der Waals surface area contributed by atoms with Gasteiger partial charge in [-0.2, -0.15) is 0 Å². The van der Waals surface area contributed by atoms with Gasteiger partial charge in [-0.05, 0) is 43.1 Å². The minimum Gasteiger partial charge on any atom is -0.325 e. The normalized spacial score (nSPS) is 16.4. The highest BCUT2D eigenvalue weighted by molar-refractivity contribution is 5.92. The molecule has 2 aromatic carbocycles. The number of fused-ring (bicyclic) bond motifs is 1. The van der Waals surface area contributed by atoms with Gasteiger partial charge >= 0.3 is 0 Å². The minimum atomic E-state index is -0.710. The van der Waals surface area contributed by atoms with Crippen LogP contribution in [0.3, 0.4) is 0 Å². The van der Waals surface area contributed by atoms with Gasteiger partial charge in [-0.25, -0.2) is 8.78 Å². The van der Waals surface area contributed by atoms with Crippen molar-refractivity contribution in [3.05, 3.63) is 65.2 Å². The number of anilines is 1. The molecule has 0 saturated carbocycles. The SMILES string of the molecule is CN(CC(=O)Nc1cc(F)cc(F)c1)C1CCc2ccccc21. The number of aryl methyl sites for hydroxylation is 1. The number of carbonyl (C=O) groups excluding carboxylic acids is 1. The van der Waals surface area contributed by atoms with Crippen LogP contribution in [0.5, 0.6) is 0 Å². The fourth-order valence-corrected chi connectivity index (χ4v) is 3.16. The Morgan fingerprint density at radius 3 is 2.65 bits per heavy atom. The molecule has 0 radical (unpaired) electrons. The molecule has 0 aromatic heterocycles. The number of nitrogens with zero attached hydrogens (tertiary/aromatic N) is 1.